The number of carbonyl (C=O) groups is 2. The number of methoxy groups -OCH3 is 1. The van der Waals surface area contributed by atoms with Crippen molar-refractivity contribution in [3.8, 4) is 11.5 Å². The van der Waals surface area contributed by atoms with E-state index in [0.29, 0.717) is 49.0 Å². The Morgan fingerprint density at radius 1 is 1.02 bits per heavy atom. The highest BCUT2D eigenvalue weighted by Crippen LogP contribution is 2.26. The normalized spacial score (nSPS) is 13.9. The summed E-state index contributed by atoms with van der Waals surface area (Å²) in [5.74, 6) is 0.465. The van der Waals surface area contributed by atoms with Gasteiger partial charge in [0.15, 0.2) is 11.6 Å². The van der Waals surface area contributed by atoms with Crippen molar-refractivity contribution in [2.24, 2.45) is 5.92 Å². The molecular weight excluding hydrogens is 511 g/mol. The van der Waals surface area contributed by atoms with Crippen LogP contribution in [0.1, 0.15) is 40.0 Å². The van der Waals surface area contributed by atoms with E-state index in [4.69, 9.17) is 14.6 Å². The second-order valence-corrected chi connectivity index (χ2v) is 10.0. The predicted octanol–water partition coefficient (Wildman–Crippen LogP) is 5.29. The smallest absolute Gasteiger partial charge is 0.253 e. The number of halogens is 1. The van der Waals surface area contributed by atoms with Crippen molar-refractivity contribution in [1.29, 1.82) is 0 Å². The molecule has 0 unspecified atom stereocenters. The van der Waals surface area contributed by atoms with Gasteiger partial charge in [0.05, 0.1) is 5.52 Å². The molecule has 0 spiro atoms. The maximum absolute atomic E-state index is 13.8. The summed E-state index contributed by atoms with van der Waals surface area (Å²) in [6.45, 7) is 3.29. The van der Waals surface area contributed by atoms with E-state index in [9.17, 15) is 14.0 Å². The van der Waals surface area contributed by atoms with E-state index in [0.717, 1.165) is 36.7 Å². The Kier molecular flexibility index (Phi) is 8.71. The minimum atomic E-state index is -0.435. The maximum atomic E-state index is 13.8. The maximum Gasteiger partial charge on any atom is 0.253 e. The number of piperidine rings is 1. The summed E-state index contributed by atoms with van der Waals surface area (Å²) in [6, 6.07) is 18.6. The van der Waals surface area contributed by atoms with E-state index in [2.05, 4.69) is 5.32 Å². The molecule has 0 saturated carbocycles. The number of nitrogens with zero attached hydrogens (tertiary/aromatic N) is 3. The molecule has 4 aromatic rings. The molecule has 2 amide bonds. The van der Waals surface area contributed by atoms with Gasteiger partial charge in [-0.3, -0.25) is 14.3 Å². The van der Waals surface area contributed by atoms with Crippen LogP contribution in [-0.4, -0.2) is 59.8 Å². The summed E-state index contributed by atoms with van der Waals surface area (Å²) >= 11 is 0. The molecule has 1 aliphatic heterocycles. The van der Waals surface area contributed by atoms with E-state index >= 15 is 0 Å². The van der Waals surface area contributed by atoms with Crippen molar-refractivity contribution in [2.75, 3.05) is 33.4 Å². The van der Waals surface area contributed by atoms with Gasteiger partial charge in [-0.2, -0.15) is 5.10 Å². The fourth-order valence-corrected chi connectivity index (χ4v) is 4.92. The predicted molar refractivity (Wildman–Crippen MR) is 150 cm³/mol. The number of hydrogen-bond donors (Lipinski definition) is 1. The average molecular weight is 545 g/mol. The number of para-hydroxylation sites is 1. The molecule has 0 bridgehead atoms. The molecule has 1 aromatic heterocycles. The fourth-order valence-electron chi connectivity index (χ4n) is 4.92. The molecule has 40 heavy (non-hydrogen) atoms. The monoisotopic (exact) mass is 544 g/mol. The van der Waals surface area contributed by atoms with Gasteiger partial charge in [0.25, 0.3) is 11.8 Å². The molecule has 0 atom stereocenters. The average Bonchev–Trinajstić information content (AvgIpc) is 3.38. The van der Waals surface area contributed by atoms with Crippen LogP contribution in [0.25, 0.3) is 10.9 Å². The Labute approximate surface area is 232 Å². The highest BCUT2D eigenvalue weighted by Gasteiger charge is 2.24. The van der Waals surface area contributed by atoms with Crippen molar-refractivity contribution in [3.05, 3.63) is 89.9 Å². The van der Waals surface area contributed by atoms with Crippen LogP contribution in [0.3, 0.4) is 0 Å². The summed E-state index contributed by atoms with van der Waals surface area (Å²) in [5.41, 5.74) is 2.05. The Morgan fingerprint density at radius 3 is 2.52 bits per heavy atom. The number of amides is 2. The number of likely N-dealkylation sites (tertiary alicyclic amines) is 1. The number of rotatable bonds is 10. The van der Waals surface area contributed by atoms with Crippen LogP contribution < -0.4 is 10.1 Å². The molecule has 0 aliphatic carbocycles. The number of fused-ring (bicyclic) bond motifs is 1. The van der Waals surface area contributed by atoms with Crippen LogP contribution in [0.5, 0.6) is 11.5 Å². The third kappa shape index (κ3) is 6.66. The van der Waals surface area contributed by atoms with Crippen LogP contribution in [0, 0.1) is 11.7 Å². The molecule has 0 radical (unpaired) electrons. The Hall–Kier alpha value is -4.24. The molecule has 2 heterocycles. The van der Waals surface area contributed by atoms with Crippen molar-refractivity contribution >= 4 is 22.7 Å². The first-order valence-electron chi connectivity index (χ1n) is 13.6. The highest BCUT2D eigenvalue weighted by molar-refractivity contribution is 5.97. The van der Waals surface area contributed by atoms with Gasteiger partial charge >= 0.3 is 0 Å². The van der Waals surface area contributed by atoms with Crippen LogP contribution >= 0.6 is 0 Å². The number of carbonyl (C=O) groups excluding carboxylic acids is 2. The summed E-state index contributed by atoms with van der Waals surface area (Å²) in [6.07, 6.45) is 4.52. The second-order valence-electron chi connectivity index (χ2n) is 10.0. The van der Waals surface area contributed by atoms with Gasteiger partial charge in [-0.05, 0) is 79.8 Å². The molecule has 8 nitrogen and oxygen atoms in total. The molecule has 1 saturated heterocycles. The van der Waals surface area contributed by atoms with Gasteiger partial charge in [-0.25, -0.2) is 4.39 Å². The molecule has 1 N–H and O–H groups in total. The fraction of sp³-hybridized carbons (Fsp3) is 0.323. The van der Waals surface area contributed by atoms with Crippen molar-refractivity contribution in [2.45, 2.75) is 25.8 Å². The molecule has 1 fully saturated rings. The summed E-state index contributed by atoms with van der Waals surface area (Å²) in [7, 11) is 1.64. The number of benzene rings is 3. The minimum Gasteiger partial charge on any atom is -0.454 e. The number of hydrogen-bond acceptors (Lipinski definition) is 5. The van der Waals surface area contributed by atoms with Gasteiger partial charge < -0.3 is 19.7 Å². The molecule has 1 aliphatic rings. The standard InChI is InChI=1S/C31H33FN4O4/c1-39-18-4-15-33-30(37)24-9-12-28-25(19-24)21-36(34-28)20-22-13-16-35(17-14-22)31(38)23-7-10-26(11-8-23)40-29-6-3-2-5-27(29)32/h2-3,5-12,19,21-22H,4,13-18,20H2,1H3,(H,33,37). The highest BCUT2D eigenvalue weighted by atomic mass is 19.1. The third-order valence-electron chi connectivity index (χ3n) is 7.14. The van der Waals surface area contributed by atoms with Gasteiger partial charge in [-0.15, -0.1) is 0 Å². The van der Waals surface area contributed by atoms with Crippen LogP contribution in [0.15, 0.2) is 72.9 Å². The van der Waals surface area contributed by atoms with Crippen molar-refractivity contribution in [1.82, 2.24) is 20.0 Å². The number of ether oxygens (including phenoxy) is 2. The minimum absolute atomic E-state index is 0.0197. The lowest BCUT2D eigenvalue weighted by atomic mass is 9.96. The number of aromatic nitrogens is 2. The quantitative estimate of drug-likeness (QED) is 0.275. The van der Waals surface area contributed by atoms with E-state index in [1.54, 1.807) is 55.6 Å². The zero-order chi connectivity index (χ0) is 27.9. The topological polar surface area (TPSA) is 85.7 Å². The molecule has 5 rings (SSSR count). The molecule has 208 valence electrons. The zero-order valence-electron chi connectivity index (χ0n) is 22.5. The van der Waals surface area contributed by atoms with Crippen molar-refractivity contribution < 1.29 is 23.5 Å². The van der Waals surface area contributed by atoms with E-state index in [1.165, 1.54) is 6.07 Å². The number of nitrogens with one attached hydrogen (secondary N) is 1. The first-order chi connectivity index (χ1) is 19.5. The van der Waals surface area contributed by atoms with Gasteiger partial charge in [0.2, 0.25) is 0 Å². The molecule has 3 aromatic carbocycles. The van der Waals surface area contributed by atoms with E-state index in [-0.39, 0.29) is 17.6 Å². The summed E-state index contributed by atoms with van der Waals surface area (Å²) in [4.78, 5) is 27.4. The Morgan fingerprint density at radius 2 is 1.77 bits per heavy atom. The molecule has 9 heteroatoms. The lowest BCUT2D eigenvalue weighted by molar-refractivity contribution is 0.0681. The Balaban J connectivity index is 1.12. The van der Waals surface area contributed by atoms with Crippen LogP contribution in [-0.2, 0) is 11.3 Å². The van der Waals surface area contributed by atoms with Crippen molar-refractivity contribution in [3.63, 3.8) is 0 Å². The largest absolute Gasteiger partial charge is 0.454 e. The van der Waals surface area contributed by atoms with Crippen LogP contribution in [0.2, 0.25) is 0 Å². The van der Waals surface area contributed by atoms with Crippen LogP contribution in [0.4, 0.5) is 4.39 Å². The van der Waals surface area contributed by atoms with Gasteiger partial charge in [0, 0.05) is 62.6 Å². The summed E-state index contributed by atoms with van der Waals surface area (Å²) in [5, 5.41) is 8.53. The molecular formula is C31H33FN4O4. The lowest BCUT2D eigenvalue weighted by Gasteiger charge is -2.32. The Bertz CT molecular complexity index is 1460. The first kappa shape index (κ1) is 27.3. The van der Waals surface area contributed by atoms with E-state index in [1.807, 2.05) is 27.9 Å². The van der Waals surface area contributed by atoms with Gasteiger partial charge in [0.1, 0.15) is 5.75 Å². The third-order valence-corrected chi connectivity index (χ3v) is 7.14. The zero-order valence-corrected chi connectivity index (χ0v) is 22.5. The van der Waals surface area contributed by atoms with E-state index < -0.39 is 5.82 Å². The first-order valence-corrected chi connectivity index (χ1v) is 13.6. The second kappa shape index (κ2) is 12.7. The van der Waals surface area contributed by atoms with Gasteiger partial charge in [-0.1, -0.05) is 12.1 Å². The SMILES string of the molecule is COCCCNC(=O)c1ccc2nn(CC3CCN(C(=O)c4ccc(Oc5ccccc5F)cc4)CC3)cc2c1. The lowest BCUT2D eigenvalue weighted by Crippen LogP contribution is -2.39. The summed E-state index contributed by atoms with van der Waals surface area (Å²) < 4.78 is 26.4.